The third-order valence-corrected chi connectivity index (χ3v) is 4.90. The molecule has 0 heterocycles. The molecule has 2 N–H and O–H groups in total. The summed E-state index contributed by atoms with van der Waals surface area (Å²) >= 11 is 0. The van der Waals surface area contributed by atoms with Crippen molar-refractivity contribution in [1.29, 1.82) is 0 Å². The summed E-state index contributed by atoms with van der Waals surface area (Å²) in [7, 11) is 6.48. The molecule has 0 saturated carbocycles. The molecule has 32 heavy (non-hydrogen) atoms. The van der Waals surface area contributed by atoms with Crippen molar-refractivity contribution in [2.24, 2.45) is 0 Å². The average Bonchev–Trinajstić information content (AvgIpc) is 2.83. The van der Waals surface area contributed by atoms with Crippen molar-refractivity contribution < 1.29 is 23.7 Å². The third-order valence-electron chi connectivity index (χ3n) is 4.90. The lowest BCUT2D eigenvalue weighted by Crippen LogP contribution is -2.26. The average molecular weight is 443 g/mol. The van der Waals surface area contributed by atoms with Crippen LogP contribution in [0.15, 0.2) is 42.5 Å². The van der Waals surface area contributed by atoms with Gasteiger partial charge in [-0.05, 0) is 73.8 Å². The number of carbonyl (C=O) groups excluding carboxylic acids is 1. The number of nitrogens with one attached hydrogen (secondary N) is 2. The van der Waals surface area contributed by atoms with E-state index in [0.29, 0.717) is 18.0 Å². The molecule has 0 bridgehead atoms. The maximum absolute atomic E-state index is 12.0. The third kappa shape index (κ3) is 8.51. The van der Waals surface area contributed by atoms with Gasteiger partial charge in [-0.3, -0.25) is 4.79 Å². The summed E-state index contributed by atoms with van der Waals surface area (Å²) in [6.45, 7) is 2.39. The van der Waals surface area contributed by atoms with E-state index >= 15 is 0 Å². The van der Waals surface area contributed by atoms with Crippen LogP contribution in [0, 0.1) is 0 Å². The fourth-order valence-electron chi connectivity index (χ4n) is 3.16. The van der Waals surface area contributed by atoms with Gasteiger partial charge in [-0.2, -0.15) is 0 Å². The van der Waals surface area contributed by atoms with Crippen LogP contribution in [0.2, 0.25) is 0 Å². The lowest BCUT2D eigenvalue weighted by atomic mass is 10.1. The molecule has 2 rings (SSSR count). The SMILES string of the molecule is COc1cc(/C=C/C(=O)NCCCNCCCc2ccc(OC)c(OC)c2)cc(OC)c1. The van der Waals surface area contributed by atoms with E-state index in [1.807, 2.05) is 24.3 Å². The Bertz CT molecular complexity index is 860. The zero-order valence-corrected chi connectivity index (χ0v) is 19.4. The van der Waals surface area contributed by atoms with E-state index in [-0.39, 0.29) is 5.91 Å². The van der Waals surface area contributed by atoms with Crippen LogP contribution < -0.4 is 29.6 Å². The van der Waals surface area contributed by atoms with Crippen molar-refractivity contribution >= 4 is 12.0 Å². The van der Waals surface area contributed by atoms with Crippen LogP contribution in [-0.4, -0.2) is 54.0 Å². The molecule has 0 aromatic heterocycles. The molecule has 2 aromatic rings. The van der Waals surface area contributed by atoms with E-state index in [0.717, 1.165) is 49.4 Å². The molecule has 0 aliphatic carbocycles. The second-order valence-electron chi connectivity index (χ2n) is 7.17. The highest BCUT2D eigenvalue weighted by atomic mass is 16.5. The Morgan fingerprint density at radius 3 is 2.16 bits per heavy atom. The van der Waals surface area contributed by atoms with Gasteiger partial charge in [0.1, 0.15) is 11.5 Å². The van der Waals surface area contributed by atoms with Crippen molar-refractivity contribution in [1.82, 2.24) is 10.6 Å². The molecule has 174 valence electrons. The maximum atomic E-state index is 12.0. The fourth-order valence-corrected chi connectivity index (χ4v) is 3.16. The lowest BCUT2D eigenvalue weighted by molar-refractivity contribution is -0.116. The summed E-state index contributed by atoms with van der Waals surface area (Å²) in [6, 6.07) is 11.5. The van der Waals surface area contributed by atoms with E-state index in [1.54, 1.807) is 40.6 Å². The van der Waals surface area contributed by atoms with Gasteiger partial charge in [0.2, 0.25) is 5.91 Å². The van der Waals surface area contributed by atoms with Gasteiger partial charge in [-0.25, -0.2) is 0 Å². The Morgan fingerprint density at radius 1 is 0.812 bits per heavy atom. The van der Waals surface area contributed by atoms with Crippen LogP contribution in [0.25, 0.3) is 6.08 Å². The molecule has 0 aliphatic heterocycles. The molecular formula is C25H34N2O5. The van der Waals surface area contributed by atoms with Gasteiger partial charge in [-0.15, -0.1) is 0 Å². The zero-order chi connectivity index (χ0) is 23.2. The summed E-state index contributed by atoms with van der Waals surface area (Å²) in [5.74, 6) is 2.74. The largest absolute Gasteiger partial charge is 0.497 e. The first-order valence-corrected chi connectivity index (χ1v) is 10.7. The molecule has 2 aromatic carbocycles. The van der Waals surface area contributed by atoms with Crippen LogP contribution >= 0.6 is 0 Å². The quantitative estimate of drug-likeness (QED) is 0.345. The van der Waals surface area contributed by atoms with Crippen molar-refractivity contribution in [2.45, 2.75) is 19.3 Å². The summed E-state index contributed by atoms with van der Waals surface area (Å²) in [4.78, 5) is 12.0. The number of carbonyl (C=O) groups is 1. The van der Waals surface area contributed by atoms with E-state index in [1.165, 1.54) is 11.6 Å². The highest BCUT2D eigenvalue weighted by Gasteiger charge is 2.04. The highest BCUT2D eigenvalue weighted by molar-refractivity contribution is 5.91. The molecule has 0 spiro atoms. The molecule has 0 fully saturated rings. The first-order chi connectivity index (χ1) is 15.6. The molecule has 0 radical (unpaired) electrons. The smallest absolute Gasteiger partial charge is 0.243 e. The Labute approximate surface area is 190 Å². The van der Waals surface area contributed by atoms with Gasteiger partial charge in [-0.1, -0.05) is 6.07 Å². The molecule has 7 nitrogen and oxygen atoms in total. The summed E-state index contributed by atoms with van der Waals surface area (Å²) in [5.41, 5.74) is 2.06. The first kappa shape index (κ1) is 25.1. The topological polar surface area (TPSA) is 78.1 Å². The number of aryl methyl sites for hydroxylation is 1. The predicted octanol–water partition coefficient (Wildman–Crippen LogP) is 3.46. The van der Waals surface area contributed by atoms with Gasteiger partial charge in [0.15, 0.2) is 11.5 Å². The molecule has 1 amide bonds. The number of amides is 1. The molecule has 7 heteroatoms. The van der Waals surface area contributed by atoms with Crippen LogP contribution in [0.1, 0.15) is 24.0 Å². The number of ether oxygens (including phenoxy) is 4. The van der Waals surface area contributed by atoms with E-state index in [4.69, 9.17) is 18.9 Å². The van der Waals surface area contributed by atoms with Gasteiger partial charge < -0.3 is 29.6 Å². The molecule has 0 atom stereocenters. The van der Waals surface area contributed by atoms with Gasteiger partial charge >= 0.3 is 0 Å². The summed E-state index contributed by atoms with van der Waals surface area (Å²) < 4.78 is 21.1. The number of benzene rings is 2. The van der Waals surface area contributed by atoms with Crippen LogP contribution in [0.5, 0.6) is 23.0 Å². The standard InChI is InChI=1S/C25H34N2O5/c1-29-21-15-20(16-22(18-21)30-2)9-11-25(28)27-14-6-13-26-12-5-7-19-8-10-23(31-3)24(17-19)32-4/h8-11,15-18,26H,5-7,12-14H2,1-4H3,(H,27,28)/b11-9+. The number of hydrogen-bond acceptors (Lipinski definition) is 6. The monoisotopic (exact) mass is 442 g/mol. The van der Waals surface area contributed by atoms with Crippen LogP contribution in [0.4, 0.5) is 0 Å². The molecule has 0 aliphatic rings. The number of hydrogen-bond donors (Lipinski definition) is 2. The lowest BCUT2D eigenvalue weighted by Gasteiger charge is -2.10. The predicted molar refractivity (Wildman–Crippen MR) is 127 cm³/mol. The van der Waals surface area contributed by atoms with Crippen molar-refractivity contribution in [3.8, 4) is 23.0 Å². The van der Waals surface area contributed by atoms with Crippen LogP contribution in [0.3, 0.4) is 0 Å². The Morgan fingerprint density at radius 2 is 1.50 bits per heavy atom. The van der Waals surface area contributed by atoms with E-state index < -0.39 is 0 Å². The minimum Gasteiger partial charge on any atom is -0.497 e. The van der Waals surface area contributed by atoms with E-state index in [9.17, 15) is 4.79 Å². The Hall–Kier alpha value is -3.19. The Kier molecular flexibility index (Phi) is 11.0. The fraction of sp³-hybridized carbons (Fsp3) is 0.400. The molecule has 0 unspecified atom stereocenters. The number of rotatable bonds is 14. The second-order valence-corrected chi connectivity index (χ2v) is 7.17. The summed E-state index contributed by atoms with van der Waals surface area (Å²) in [6.07, 6.45) is 6.11. The molecule has 0 saturated heterocycles. The van der Waals surface area contributed by atoms with Crippen molar-refractivity contribution in [2.75, 3.05) is 48.1 Å². The number of methoxy groups -OCH3 is 4. The van der Waals surface area contributed by atoms with E-state index in [2.05, 4.69) is 16.7 Å². The minimum atomic E-state index is -0.125. The molecular weight excluding hydrogens is 408 g/mol. The second kappa shape index (κ2) is 14.0. The highest BCUT2D eigenvalue weighted by Crippen LogP contribution is 2.28. The maximum Gasteiger partial charge on any atom is 0.243 e. The Balaban J connectivity index is 1.60. The van der Waals surface area contributed by atoms with Gasteiger partial charge in [0, 0.05) is 18.7 Å². The van der Waals surface area contributed by atoms with Gasteiger partial charge in [0.05, 0.1) is 28.4 Å². The first-order valence-electron chi connectivity index (χ1n) is 10.7. The van der Waals surface area contributed by atoms with Crippen molar-refractivity contribution in [3.63, 3.8) is 0 Å². The summed E-state index contributed by atoms with van der Waals surface area (Å²) in [5, 5.41) is 6.31. The van der Waals surface area contributed by atoms with Crippen molar-refractivity contribution in [3.05, 3.63) is 53.6 Å². The van der Waals surface area contributed by atoms with Gasteiger partial charge in [0.25, 0.3) is 0 Å². The minimum absolute atomic E-state index is 0.125. The zero-order valence-electron chi connectivity index (χ0n) is 19.4. The van der Waals surface area contributed by atoms with Crippen LogP contribution in [-0.2, 0) is 11.2 Å². The normalized spacial score (nSPS) is 10.8.